The van der Waals surface area contributed by atoms with Crippen molar-refractivity contribution in [2.24, 2.45) is 4.99 Å². The number of hydrogen-bond donors (Lipinski definition) is 3. The van der Waals surface area contributed by atoms with Crippen LogP contribution in [0.5, 0.6) is 5.75 Å². The maximum absolute atomic E-state index is 12.9. The smallest absolute Gasteiger partial charge is 0.255 e. The van der Waals surface area contributed by atoms with Crippen molar-refractivity contribution in [1.82, 2.24) is 16.0 Å². The second-order valence-electron chi connectivity index (χ2n) is 8.01. The van der Waals surface area contributed by atoms with Gasteiger partial charge in [0.15, 0.2) is 6.19 Å². The van der Waals surface area contributed by atoms with Crippen molar-refractivity contribution in [2.45, 2.75) is 37.1 Å². The highest BCUT2D eigenvalue weighted by molar-refractivity contribution is 5.97. The second kappa shape index (κ2) is 11.5. The molecular formula is C25H28N6O2. The number of nitriles is 2. The van der Waals surface area contributed by atoms with Crippen LogP contribution >= 0.6 is 0 Å². The van der Waals surface area contributed by atoms with Crippen molar-refractivity contribution in [2.75, 3.05) is 20.2 Å². The van der Waals surface area contributed by atoms with Crippen LogP contribution in [-0.2, 0) is 5.41 Å². The molecular weight excluding hydrogens is 416 g/mol. The highest BCUT2D eigenvalue weighted by Crippen LogP contribution is 2.39. The van der Waals surface area contributed by atoms with Gasteiger partial charge in [0.2, 0.25) is 5.96 Å². The van der Waals surface area contributed by atoms with Crippen LogP contribution in [0.15, 0.2) is 59.6 Å². The van der Waals surface area contributed by atoms with E-state index in [1.165, 1.54) is 5.56 Å². The van der Waals surface area contributed by atoms with Gasteiger partial charge in [-0.2, -0.15) is 10.5 Å². The number of rotatable bonds is 7. The molecule has 0 aromatic heterocycles. The molecule has 1 amide bonds. The first-order chi connectivity index (χ1) is 16.1. The molecule has 8 nitrogen and oxygen atoms in total. The molecule has 8 heteroatoms. The zero-order valence-corrected chi connectivity index (χ0v) is 18.7. The number of ether oxygens (including phenoxy) is 1. The van der Waals surface area contributed by atoms with E-state index in [0.717, 1.165) is 25.7 Å². The summed E-state index contributed by atoms with van der Waals surface area (Å²) in [6, 6.07) is 19.5. The molecule has 3 N–H and O–H groups in total. The molecule has 3 rings (SSSR count). The Bertz CT molecular complexity index is 1050. The van der Waals surface area contributed by atoms with Crippen molar-refractivity contribution in [3.05, 3.63) is 65.7 Å². The Kier molecular flexibility index (Phi) is 8.26. The van der Waals surface area contributed by atoms with Gasteiger partial charge >= 0.3 is 0 Å². The number of carbonyl (C=O) groups is 1. The Morgan fingerprint density at radius 3 is 2.48 bits per heavy atom. The number of nitrogens with zero attached hydrogens (tertiary/aromatic N) is 3. The molecule has 1 aliphatic carbocycles. The topological polar surface area (TPSA) is 122 Å². The van der Waals surface area contributed by atoms with Crippen LogP contribution in [0, 0.1) is 22.8 Å². The Labute approximate surface area is 194 Å². The highest BCUT2D eigenvalue weighted by atomic mass is 16.5. The lowest BCUT2D eigenvalue weighted by molar-refractivity contribution is 0.0932. The number of amides is 1. The molecule has 0 bridgehead atoms. The average Bonchev–Trinajstić information content (AvgIpc) is 2.87. The van der Waals surface area contributed by atoms with E-state index in [9.17, 15) is 4.79 Å². The Balaban J connectivity index is 1.72. The quantitative estimate of drug-likeness (QED) is 0.198. The summed E-state index contributed by atoms with van der Waals surface area (Å²) in [6.07, 6.45) is 5.21. The summed E-state index contributed by atoms with van der Waals surface area (Å²) in [6.45, 7) is 0.485. The fourth-order valence-electron chi connectivity index (χ4n) is 4.33. The van der Waals surface area contributed by atoms with E-state index in [1.807, 2.05) is 42.6 Å². The Morgan fingerprint density at radius 1 is 1.12 bits per heavy atom. The van der Waals surface area contributed by atoms with Crippen molar-refractivity contribution >= 4 is 11.9 Å². The van der Waals surface area contributed by atoms with Crippen LogP contribution in [0.1, 0.15) is 41.6 Å². The van der Waals surface area contributed by atoms with Gasteiger partial charge < -0.3 is 15.4 Å². The van der Waals surface area contributed by atoms with Crippen LogP contribution in [-0.4, -0.2) is 38.1 Å². The Morgan fingerprint density at radius 2 is 1.82 bits per heavy atom. The lowest BCUT2D eigenvalue weighted by atomic mass is 9.68. The predicted molar refractivity (Wildman–Crippen MR) is 126 cm³/mol. The molecule has 1 aliphatic rings. The fourth-order valence-corrected chi connectivity index (χ4v) is 4.33. The molecule has 0 heterocycles. The predicted octanol–water partition coefficient (Wildman–Crippen LogP) is 2.85. The first-order valence-corrected chi connectivity index (χ1v) is 10.9. The minimum absolute atomic E-state index is 0.0212. The summed E-state index contributed by atoms with van der Waals surface area (Å²) in [7, 11) is 1.56. The van der Waals surface area contributed by atoms with Gasteiger partial charge in [0.25, 0.3) is 5.91 Å². The molecule has 0 aliphatic heterocycles. The molecule has 2 aromatic carbocycles. The third-order valence-corrected chi connectivity index (χ3v) is 6.09. The number of aliphatic imine (C=N–C) groups is 1. The minimum atomic E-state index is -0.205. The Hall–Kier alpha value is -4.04. The van der Waals surface area contributed by atoms with Gasteiger partial charge in [0.1, 0.15) is 12.3 Å². The van der Waals surface area contributed by atoms with Crippen LogP contribution in [0.4, 0.5) is 0 Å². The van der Waals surface area contributed by atoms with Crippen LogP contribution in [0.2, 0.25) is 0 Å². The van der Waals surface area contributed by atoms with Crippen molar-refractivity contribution in [1.29, 1.82) is 10.5 Å². The zero-order valence-electron chi connectivity index (χ0n) is 18.7. The van der Waals surface area contributed by atoms with E-state index in [1.54, 1.807) is 19.2 Å². The van der Waals surface area contributed by atoms with E-state index in [2.05, 4.69) is 33.1 Å². The molecule has 2 aromatic rings. The van der Waals surface area contributed by atoms with Crippen LogP contribution in [0.3, 0.4) is 0 Å². The van der Waals surface area contributed by atoms with E-state index in [0.29, 0.717) is 23.8 Å². The fraction of sp³-hybridized carbons (Fsp3) is 0.360. The van der Waals surface area contributed by atoms with E-state index in [4.69, 9.17) is 15.3 Å². The lowest BCUT2D eigenvalue weighted by Gasteiger charge is -2.41. The first kappa shape index (κ1) is 23.6. The van der Waals surface area contributed by atoms with E-state index >= 15 is 0 Å². The monoisotopic (exact) mass is 444 g/mol. The summed E-state index contributed by atoms with van der Waals surface area (Å²) in [5, 5.41) is 26.6. The summed E-state index contributed by atoms with van der Waals surface area (Å²) >= 11 is 0. The van der Waals surface area contributed by atoms with Crippen molar-refractivity contribution < 1.29 is 9.53 Å². The van der Waals surface area contributed by atoms with Crippen LogP contribution < -0.4 is 20.7 Å². The maximum atomic E-state index is 12.9. The van der Waals surface area contributed by atoms with E-state index < -0.39 is 0 Å². The summed E-state index contributed by atoms with van der Waals surface area (Å²) < 4.78 is 5.34. The molecule has 0 unspecified atom stereocenters. The van der Waals surface area contributed by atoms with Crippen LogP contribution in [0.25, 0.3) is 0 Å². The third-order valence-electron chi connectivity index (χ3n) is 6.09. The summed E-state index contributed by atoms with van der Waals surface area (Å²) in [5.41, 5.74) is 1.50. The average molecular weight is 445 g/mol. The second-order valence-corrected chi connectivity index (χ2v) is 8.01. The molecule has 1 saturated carbocycles. The van der Waals surface area contributed by atoms with Gasteiger partial charge in [-0.3, -0.25) is 10.1 Å². The number of nitrogens with one attached hydrogen (secondary N) is 3. The van der Waals surface area contributed by atoms with Gasteiger partial charge in [-0.05, 0) is 43.4 Å². The van der Waals surface area contributed by atoms with Gasteiger partial charge in [0.05, 0.1) is 18.7 Å². The molecule has 0 spiro atoms. The molecule has 1 fully saturated rings. The van der Waals surface area contributed by atoms with Crippen molar-refractivity contribution in [3.63, 3.8) is 0 Å². The molecule has 170 valence electrons. The standard InChI is InChI=1S/C25H28N6O2/c1-33-22-10-6-5-9-21(22)23(32)29-17-25(19-7-3-2-4-8-19)13-11-20(12-14-25)31-24(30-18-27)28-16-15-26/h2-10,20H,11-14,16-17H2,1H3,(H,29,32)(H2,28,30,31). The zero-order chi connectivity index (χ0) is 23.5. The number of hydrogen-bond acceptors (Lipinski definition) is 5. The van der Waals surface area contributed by atoms with E-state index in [-0.39, 0.29) is 23.9 Å². The minimum Gasteiger partial charge on any atom is -0.496 e. The number of carbonyl (C=O) groups excluding carboxylic acids is 1. The lowest BCUT2D eigenvalue weighted by Crippen LogP contribution is -2.49. The number of para-hydroxylation sites is 1. The highest BCUT2D eigenvalue weighted by Gasteiger charge is 2.37. The third kappa shape index (κ3) is 6.02. The van der Waals surface area contributed by atoms with Gasteiger partial charge in [-0.15, -0.1) is 0 Å². The van der Waals surface area contributed by atoms with Gasteiger partial charge in [-0.25, -0.2) is 4.99 Å². The molecule has 0 radical (unpaired) electrons. The number of methoxy groups -OCH3 is 1. The number of benzene rings is 2. The maximum Gasteiger partial charge on any atom is 0.255 e. The molecule has 33 heavy (non-hydrogen) atoms. The summed E-state index contributed by atoms with van der Waals surface area (Å²) in [5.74, 6) is 0.707. The normalized spacial score (nSPS) is 20.1. The SMILES string of the molecule is COc1ccccc1C(=O)NCC1(c2ccccc2)CCC(NC(=NCC#N)NC#N)CC1. The largest absolute Gasteiger partial charge is 0.496 e. The molecule has 0 saturated heterocycles. The van der Waals surface area contributed by atoms with Crippen molar-refractivity contribution in [3.8, 4) is 18.0 Å². The van der Waals surface area contributed by atoms with Gasteiger partial charge in [0, 0.05) is 18.0 Å². The number of guanidine groups is 1. The molecule has 0 atom stereocenters. The summed E-state index contributed by atoms with van der Waals surface area (Å²) in [4.78, 5) is 17.0. The van der Waals surface area contributed by atoms with Gasteiger partial charge in [-0.1, -0.05) is 42.5 Å². The first-order valence-electron chi connectivity index (χ1n) is 10.9.